The summed E-state index contributed by atoms with van der Waals surface area (Å²) in [6.45, 7) is 2.58. The summed E-state index contributed by atoms with van der Waals surface area (Å²) >= 11 is 0. The quantitative estimate of drug-likeness (QED) is 0.791. The van der Waals surface area contributed by atoms with Crippen LogP contribution in [-0.4, -0.2) is 25.1 Å². The van der Waals surface area contributed by atoms with E-state index in [1.807, 2.05) is 31.2 Å². The molecule has 0 radical (unpaired) electrons. The van der Waals surface area contributed by atoms with Crippen molar-refractivity contribution >= 4 is 11.9 Å². The number of fused-ring (bicyclic) bond motifs is 1. The van der Waals surface area contributed by atoms with Gasteiger partial charge in [-0.2, -0.15) is 0 Å². The number of phenolic OH excluding ortho intramolecular Hbond substituents is 1. The van der Waals surface area contributed by atoms with Crippen molar-refractivity contribution in [3.63, 3.8) is 0 Å². The zero-order chi connectivity index (χ0) is 17.8. The Bertz CT molecular complexity index is 813. The molecule has 2 aromatic rings. The highest BCUT2D eigenvalue weighted by Gasteiger charge is 2.24. The van der Waals surface area contributed by atoms with E-state index in [9.17, 15) is 9.90 Å². The summed E-state index contributed by atoms with van der Waals surface area (Å²) in [5, 5.41) is 13.3. The third kappa shape index (κ3) is 3.45. The molecular weight excluding hydrogens is 318 g/mol. The molecule has 2 N–H and O–H groups in total. The number of hydrogen-bond donors (Lipinski definition) is 2. The second kappa shape index (κ2) is 7.30. The van der Waals surface area contributed by atoms with Gasteiger partial charge in [0, 0.05) is 11.8 Å². The number of ether oxygens (including phenoxy) is 2. The minimum Gasteiger partial charge on any atom is -0.504 e. The molecule has 0 aromatic heterocycles. The van der Waals surface area contributed by atoms with Crippen molar-refractivity contribution in [1.29, 1.82) is 0 Å². The van der Waals surface area contributed by atoms with Crippen LogP contribution in [-0.2, 0) is 11.2 Å². The van der Waals surface area contributed by atoms with Crippen LogP contribution in [0.1, 0.15) is 29.7 Å². The molecule has 1 aliphatic heterocycles. The minimum absolute atomic E-state index is 0.0213. The van der Waals surface area contributed by atoms with E-state index in [0.29, 0.717) is 24.4 Å². The summed E-state index contributed by atoms with van der Waals surface area (Å²) in [6.07, 6.45) is 3.19. The maximum absolute atomic E-state index is 11.3. The van der Waals surface area contributed by atoms with Gasteiger partial charge in [-0.25, -0.2) is 0 Å². The summed E-state index contributed by atoms with van der Waals surface area (Å²) in [6, 6.07) is 11.3. The zero-order valence-corrected chi connectivity index (χ0v) is 14.3. The van der Waals surface area contributed by atoms with Crippen LogP contribution in [0.5, 0.6) is 17.2 Å². The van der Waals surface area contributed by atoms with Gasteiger partial charge in [-0.15, -0.1) is 0 Å². The van der Waals surface area contributed by atoms with Crippen molar-refractivity contribution in [3.8, 4) is 17.2 Å². The number of phenols is 1. The Morgan fingerprint density at radius 3 is 2.84 bits per heavy atom. The number of allylic oxidation sites excluding steroid dienone is 1. The number of carbonyl (C=O) groups excluding carboxylic acids is 1. The van der Waals surface area contributed by atoms with Crippen molar-refractivity contribution in [3.05, 3.63) is 59.3 Å². The number of nitrogens with one attached hydrogen (secondary N) is 1. The van der Waals surface area contributed by atoms with Crippen molar-refractivity contribution in [2.75, 3.05) is 13.7 Å². The van der Waals surface area contributed by atoms with Gasteiger partial charge in [-0.05, 0) is 54.3 Å². The van der Waals surface area contributed by atoms with Gasteiger partial charge in [-0.1, -0.05) is 12.1 Å². The van der Waals surface area contributed by atoms with E-state index in [0.717, 1.165) is 28.7 Å². The average molecular weight is 339 g/mol. The molecule has 1 unspecified atom stereocenters. The van der Waals surface area contributed by atoms with Crippen LogP contribution in [0.2, 0.25) is 0 Å². The summed E-state index contributed by atoms with van der Waals surface area (Å²) in [5.74, 6) is 1.25. The molecule has 130 valence electrons. The molecule has 0 amide bonds. The van der Waals surface area contributed by atoms with E-state index in [-0.39, 0.29) is 11.8 Å². The van der Waals surface area contributed by atoms with Crippen LogP contribution in [0.15, 0.2) is 42.6 Å². The van der Waals surface area contributed by atoms with Crippen LogP contribution < -0.4 is 14.8 Å². The monoisotopic (exact) mass is 339 g/mol. The molecule has 0 spiro atoms. The van der Waals surface area contributed by atoms with Gasteiger partial charge in [0.15, 0.2) is 17.8 Å². The number of methoxy groups -OCH3 is 1. The first-order valence-corrected chi connectivity index (χ1v) is 8.20. The van der Waals surface area contributed by atoms with Crippen LogP contribution in [0.4, 0.5) is 0 Å². The minimum atomic E-state index is -0.0370. The SMILES string of the molecule is CCOc1cccc(CC2NC=C(C=O)c3cc(O)c(OC)cc32)c1. The fourth-order valence-corrected chi connectivity index (χ4v) is 3.07. The number of carbonyl (C=O) groups is 1. The summed E-state index contributed by atoms with van der Waals surface area (Å²) < 4.78 is 10.8. The molecule has 1 aliphatic rings. The molecule has 0 aliphatic carbocycles. The van der Waals surface area contributed by atoms with Gasteiger partial charge in [0.2, 0.25) is 0 Å². The maximum atomic E-state index is 11.3. The van der Waals surface area contributed by atoms with Crippen LogP contribution in [0, 0.1) is 0 Å². The van der Waals surface area contributed by atoms with Gasteiger partial charge in [0.05, 0.1) is 19.8 Å². The molecule has 1 atom stereocenters. The Kier molecular flexibility index (Phi) is 4.93. The Morgan fingerprint density at radius 1 is 1.28 bits per heavy atom. The lowest BCUT2D eigenvalue weighted by atomic mass is 9.89. The van der Waals surface area contributed by atoms with Crippen LogP contribution in [0.25, 0.3) is 5.57 Å². The lowest BCUT2D eigenvalue weighted by Crippen LogP contribution is -2.24. The molecule has 25 heavy (non-hydrogen) atoms. The predicted molar refractivity (Wildman–Crippen MR) is 95.9 cm³/mol. The molecular formula is C20H21NO4. The van der Waals surface area contributed by atoms with E-state index in [4.69, 9.17) is 9.47 Å². The van der Waals surface area contributed by atoms with Gasteiger partial charge in [-0.3, -0.25) is 4.79 Å². The molecule has 0 saturated carbocycles. The van der Waals surface area contributed by atoms with Crippen molar-refractivity contribution in [2.45, 2.75) is 19.4 Å². The standard InChI is InChI=1S/C20H21NO4/c1-3-25-15-6-4-5-13(7-15)8-18-17-10-20(24-2)19(23)9-16(17)14(12-22)11-21-18/h4-7,9-12,18,21,23H,3,8H2,1-2H3. The van der Waals surface area contributed by atoms with Gasteiger partial charge in [0.1, 0.15) is 5.75 Å². The highest BCUT2D eigenvalue weighted by Crippen LogP contribution is 2.38. The topological polar surface area (TPSA) is 67.8 Å². The third-order valence-electron chi connectivity index (χ3n) is 4.25. The lowest BCUT2D eigenvalue weighted by Gasteiger charge is -2.27. The molecule has 3 rings (SSSR count). The molecule has 2 aromatic carbocycles. The van der Waals surface area contributed by atoms with Gasteiger partial charge < -0.3 is 19.9 Å². The van der Waals surface area contributed by atoms with Crippen molar-refractivity contribution in [2.24, 2.45) is 0 Å². The summed E-state index contributed by atoms with van der Waals surface area (Å²) in [5.41, 5.74) is 3.26. The first-order chi connectivity index (χ1) is 12.2. The summed E-state index contributed by atoms with van der Waals surface area (Å²) in [7, 11) is 1.51. The van der Waals surface area contributed by atoms with Gasteiger partial charge in [0.25, 0.3) is 0 Å². The fourth-order valence-electron chi connectivity index (χ4n) is 3.07. The number of aromatic hydroxyl groups is 1. The molecule has 0 saturated heterocycles. The van der Waals surface area contributed by atoms with Crippen LogP contribution in [0.3, 0.4) is 0 Å². The molecule has 1 heterocycles. The highest BCUT2D eigenvalue weighted by atomic mass is 16.5. The first-order valence-electron chi connectivity index (χ1n) is 8.20. The Morgan fingerprint density at radius 2 is 2.12 bits per heavy atom. The molecule has 0 bridgehead atoms. The largest absolute Gasteiger partial charge is 0.504 e. The second-order valence-electron chi connectivity index (χ2n) is 5.83. The highest BCUT2D eigenvalue weighted by molar-refractivity contribution is 6.08. The Hall–Kier alpha value is -2.95. The number of benzene rings is 2. The van der Waals surface area contributed by atoms with Gasteiger partial charge >= 0.3 is 0 Å². The number of rotatable bonds is 6. The molecule has 5 heteroatoms. The van der Waals surface area contributed by atoms with E-state index in [1.54, 1.807) is 18.3 Å². The average Bonchev–Trinajstić information content (AvgIpc) is 2.62. The number of hydrogen-bond acceptors (Lipinski definition) is 5. The normalized spacial score (nSPS) is 15.6. The van der Waals surface area contributed by atoms with Crippen LogP contribution >= 0.6 is 0 Å². The maximum Gasteiger partial charge on any atom is 0.160 e. The number of aldehydes is 1. The fraction of sp³-hybridized carbons (Fsp3) is 0.250. The van der Waals surface area contributed by atoms with Crippen molar-refractivity contribution in [1.82, 2.24) is 5.32 Å². The third-order valence-corrected chi connectivity index (χ3v) is 4.25. The molecule has 0 fully saturated rings. The smallest absolute Gasteiger partial charge is 0.160 e. The molecule has 5 nitrogen and oxygen atoms in total. The van der Waals surface area contributed by atoms with E-state index >= 15 is 0 Å². The lowest BCUT2D eigenvalue weighted by molar-refractivity contribution is -0.103. The van der Waals surface area contributed by atoms with Crippen molar-refractivity contribution < 1.29 is 19.4 Å². The van der Waals surface area contributed by atoms with E-state index in [2.05, 4.69) is 5.32 Å². The second-order valence-corrected chi connectivity index (χ2v) is 5.83. The van der Waals surface area contributed by atoms with E-state index < -0.39 is 0 Å². The first kappa shape index (κ1) is 16.9. The Balaban J connectivity index is 1.95. The zero-order valence-electron chi connectivity index (χ0n) is 14.3. The van der Waals surface area contributed by atoms with E-state index in [1.165, 1.54) is 7.11 Å². The Labute approximate surface area is 146 Å². The predicted octanol–water partition coefficient (Wildman–Crippen LogP) is 3.23. The summed E-state index contributed by atoms with van der Waals surface area (Å²) in [4.78, 5) is 11.3.